The minimum absolute atomic E-state index is 0.0619. The van der Waals surface area contributed by atoms with Crippen molar-refractivity contribution in [3.63, 3.8) is 0 Å². The second-order valence-electron chi connectivity index (χ2n) is 4.79. The van der Waals surface area contributed by atoms with E-state index in [-0.39, 0.29) is 34.7 Å². The number of nitrogens with zero attached hydrogens (tertiary/aromatic N) is 1. The minimum Gasteiger partial charge on any atom is -0.478 e. The van der Waals surface area contributed by atoms with E-state index in [1.807, 2.05) is 0 Å². The molecule has 122 valence electrons. The van der Waals surface area contributed by atoms with Crippen molar-refractivity contribution >= 4 is 27.6 Å². The average Bonchev–Trinajstić information content (AvgIpc) is 2.40. The van der Waals surface area contributed by atoms with Gasteiger partial charge in [-0.15, -0.1) is 0 Å². The molecule has 0 saturated carbocycles. The fourth-order valence-electron chi connectivity index (χ4n) is 1.98. The molecule has 0 unspecified atom stereocenters. The number of hydrogen-bond donors (Lipinski definition) is 1. The molecule has 1 aromatic carbocycles. The molecule has 1 aromatic rings. The molecule has 0 aliphatic carbocycles. The zero-order chi connectivity index (χ0) is 16.3. The zero-order valence-corrected chi connectivity index (χ0v) is 13.4. The van der Waals surface area contributed by atoms with Crippen LogP contribution in [0.2, 0.25) is 5.02 Å². The van der Waals surface area contributed by atoms with Crippen LogP contribution < -0.4 is 0 Å². The first-order valence-electron chi connectivity index (χ1n) is 6.49. The maximum atomic E-state index is 12.4. The number of carbonyl (C=O) groups is 1. The van der Waals surface area contributed by atoms with Gasteiger partial charge in [0.15, 0.2) is 0 Å². The van der Waals surface area contributed by atoms with Crippen molar-refractivity contribution in [2.24, 2.45) is 0 Å². The summed E-state index contributed by atoms with van der Waals surface area (Å²) in [5.41, 5.74) is -0.167. The number of halogens is 1. The Morgan fingerprint density at radius 1 is 1.36 bits per heavy atom. The number of rotatable bonds is 7. The molecule has 0 bridgehead atoms. The molecule has 0 aromatic heterocycles. The highest BCUT2D eigenvalue weighted by Crippen LogP contribution is 2.26. The largest absolute Gasteiger partial charge is 0.478 e. The molecule has 0 amide bonds. The number of sulfonamides is 1. The van der Waals surface area contributed by atoms with E-state index in [1.54, 1.807) is 7.11 Å². The van der Waals surface area contributed by atoms with Gasteiger partial charge >= 0.3 is 5.97 Å². The van der Waals surface area contributed by atoms with Crippen LogP contribution in [0.25, 0.3) is 0 Å². The van der Waals surface area contributed by atoms with Gasteiger partial charge in [-0.2, -0.15) is 4.31 Å². The van der Waals surface area contributed by atoms with Crippen LogP contribution in [0.3, 0.4) is 0 Å². The van der Waals surface area contributed by atoms with Crippen LogP contribution in [-0.2, 0) is 19.5 Å². The molecule has 1 N–H and O–H groups in total. The van der Waals surface area contributed by atoms with Crippen molar-refractivity contribution in [2.75, 3.05) is 33.4 Å². The Balaban J connectivity index is 2.08. The number of aromatic carboxylic acids is 1. The molecule has 1 heterocycles. The van der Waals surface area contributed by atoms with Gasteiger partial charge in [0.2, 0.25) is 10.0 Å². The van der Waals surface area contributed by atoms with Gasteiger partial charge in [0.05, 0.1) is 29.8 Å². The number of methoxy groups -OCH3 is 1. The summed E-state index contributed by atoms with van der Waals surface area (Å²) < 4.78 is 36.3. The summed E-state index contributed by atoms with van der Waals surface area (Å²) in [6.45, 7) is 1.29. The predicted octanol–water partition coefficient (Wildman–Crippen LogP) is 1.07. The SMILES string of the molecule is COCCOC1CN(S(=O)(=O)c2cc(Cl)cc(C(=O)O)c2)C1. The van der Waals surface area contributed by atoms with Crippen molar-refractivity contribution in [3.8, 4) is 0 Å². The summed E-state index contributed by atoms with van der Waals surface area (Å²) in [5, 5.41) is 9.03. The van der Waals surface area contributed by atoms with E-state index >= 15 is 0 Å². The summed E-state index contributed by atoms with van der Waals surface area (Å²) in [6, 6.07) is 3.54. The molecule has 0 radical (unpaired) electrons. The second-order valence-corrected chi connectivity index (χ2v) is 7.16. The lowest BCUT2D eigenvalue weighted by Crippen LogP contribution is -2.54. The second kappa shape index (κ2) is 6.93. The molecule has 7 nitrogen and oxygen atoms in total. The van der Waals surface area contributed by atoms with Crippen LogP contribution in [0.5, 0.6) is 0 Å². The Hall–Kier alpha value is -1.19. The van der Waals surface area contributed by atoms with Gasteiger partial charge in [0, 0.05) is 25.2 Å². The van der Waals surface area contributed by atoms with E-state index in [4.69, 9.17) is 26.2 Å². The fraction of sp³-hybridized carbons (Fsp3) is 0.462. The average molecular weight is 350 g/mol. The van der Waals surface area contributed by atoms with Gasteiger partial charge in [-0.05, 0) is 18.2 Å². The number of ether oxygens (including phenoxy) is 2. The van der Waals surface area contributed by atoms with Crippen LogP contribution >= 0.6 is 11.6 Å². The van der Waals surface area contributed by atoms with Gasteiger partial charge in [-0.25, -0.2) is 13.2 Å². The van der Waals surface area contributed by atoms with Crippen LogP contribution in [0, 0.1) is 0 Å². The number of benzene rings is 1. The zero-order valence-electron chi connectivity index (χ0n) is 11.9. The third-order valence-corrected chi connectivity index (χ3v) is 5.24. The minimum atomic E-state index is -3.77. The highest BCUT2D eigenvalue weighted by atomic mass is 35.5. The third-order valence-electron chi connectivity index (χ3n) is 3.21. The smallest absolute Gasteiger partial charge is 0.335 e. The van der Waals surface area contributed by atoms with Crippen molar-refractivity contribution < 1.29 is 27.8 Å². The maximum Gasteiger partial charge on any atom is 0.335 e. The number of hydrogen-bond acceptors (Lipinski definition) is 5. The molecule has 0 spiro atoms. The molecule has 2 rings (SSSR count). The number of carboxylic acid groups (broad SMARTS) is 1. The Bertz CT molecular complexity index is 656. The molecule has 22 heavy (non-hydrogen) atoms. The first-order chi connectivity index (χ1) is 10.3. The van der Waals surface area contributed by atoms with Crippen LogP contribution in [0.15, 0.2) is 23.1 Å². The van der Waals surface area contributed by atoms with Crippen molar-refractivity contribution in [1.82, 2.24) is 4.31 Å². The van der Waals surface area contributed by atoms with Gasteiger partial charge in [-0.3, -0.25) is 0 Å². The summed E-state index contributed by atoms with van der Waals surface area (Å²) in [6.07, 6.45) is -0.178. The molecule has 0 atom stereocenters. The topological polar surface area (TPSA) is 93.1 Å². The molecular weight excluding hydrogens is 334 g/mol. The van der Waals surface area contributed by atoms with Crippen LogP contribution in [0.4, 0.5) is 0 Å². The maximum absolute atomic E-state index is 12.4. The molecular formula is C13H16ClNO6S. The summed E-state index contributed by atoms with van der Waals surface area (Å²) in [5.74, 6) is -1.23. The van der Waals surface area contributed by atoms with E-state index in [0.29, 0.717) is 13.2 Å². The van der Waals surface area contributed by atoms with Crippen molar-refractivity contribution in [2.45, 2.75) is 11.0 Å². The molecule has 1 aliphatic rings. The first kappa shape index (κ1) is 17.2. The molecule has 1 aliphatic heterocycles. The number of carboxylic acids is 1. The van der Waals surface area contributed by atoms with E-state index < -0.39 is 16.0 Å². The highest BCUT2D eigenvalue weighted by Gasteiger charge is 2.37. The van der Waals surface area contributed by atoms with Crippen molar-refractivity contribution in [3.05, 3.63) is 28.8 Å². The van der Waals surface area contributed by atoms with E-state index in [1.165, 1.54) is 16.4 Å². The highest BCUT2D eigenvalue weighted by molar-refractivity contribution is 7.89. The van der Waals surface area contributed by atoms with E-state index in [2.05, 4.69) is 0 Å². The summed E-state index contributed by atoms with van der Waals surface area (Å²) >= 11 is 5.79. The lowest BCUT2D eigenvalue weighted by molar-refractivity contribution is -0.0380. The quantitative estimate of drug-likeness (QED) is 0.740. The lowest BCUT2D eigenvalue weighted by atomic mass is 10.2. The Morgan fingerprint density at radius 2 is 2.05 bits per heavy atom. The van der Waals surface area contributed by atoms with Gasteiger partial charge in [0.25, 0.3) is 0 Å². The third kappa shape index (κ3) is 3.76. The van der Waals surface area contributed by atoms with Gasteiger partial charge in [-0.1, -0.05) is 11.6 Å². The van der Waals surface area contributed by atoms with Gasteiger partial charge < -0.3 is 14.6 Å². The lowest BCUT2D eigenvalue weighted by Gasteiger charge is -2.37. The Labute approximate surface area is 133 Å². The fourth-order valence-corrected chi connectivity index (χ4v) is 3.86. The first-order valence-corrected chi connectivity index (χ1v) is 8.31. The normalized spacial score (nSPS) is 16.5. The van der Waals surface area contributed by atoms with E-state index in [0.717, 1.165) is 6.07 Å². The monoisotopic (exact) mass is 349 g/mol. The van der Waals surface area contributed by atoms with E-state index in [9.17, 15) is 13.2 Å². The van der Waals surface area contributed by atoms with Gasteiger partial charge in [0.1, 0.15) is 0 Å². The molecule has 1 fully saturated rings. The van der Waals surface area contributed by atoms with Crippen molar-refractivity contribution in [1.29, 1.82) is 0 Å². The Morgan fingerprint density at radius 3 is 2.64 bits per heavy atom. The summed E-state index contributed by atoms with van der Waals surface area (Å²) in [4.78, 5) is 10.9. The summed E-state index contributed by atoms with van der Waals surface area (Å²) in [7, 11) is -2.21. The standard InChI is InChI=1S/C13H16ClNO6S/c1-20-2-3-21-11-7-15(8-11)22(18,19)12-5-9(13(16)17)4-10(14)6-12/h4-6,11H,2-3,7-8H2,1H3,(H,16,17). The van der Waals surface area contributed by atoms with Crippen LogP contribution in [0.1, 0.15) is 10.4 Å². The molecule has 1 saturated heterocycles. The Kier molecular flexibility index (Phi) is 5.41. The predicted molar refractivity (Wildman–Crippen MR) is 78.8 cm³/mol. The van der Waals surface area contributed by atoms with Crippen LogP contribution in [-0.4, -0.2) is 63.3 Å². The molecule has 9 heteroatoms.